The zero-order chi connectivity index (χ0) is 13.7. The molecule has 1 rings (SSSR count). The zero-order valence-electron chi connectivity index (χ0n) is 10.4. The summed E-state index contributed by atoms with van der Waals surface area (Å²) >= 11 is 7.00. The van der Waals surface area contributed by atoms with Crippen LogP contribution in [0.1, 0.15) is 19.4 Å². The number of esters is 1. The lowest BCUT2D eigenvalue weighted by molar-refractivity contribution is -0.144. The fourth-order valence-corrected chi connectivity index (χ4v) is 2.64. The Kier molecular flexibility index (Phi) is 5.38. The van der Waals surface area contributed by atoms with Crippen molar-refractivity contribution in [1.29, 1.82) is 5.26 Å². The first kappa shape index (κ1) is 14.7. The summed E-state index contributed by atoms with van der Waals surface area (Å²) < 4.78 is 8.64. The third kappa shape index (κ3) is 3.12. The summed E-state index contributed by atoms with van der Waals surface area (Å²) in [5.41, 5.74) is 0.362. The van der Waals surface area contributed by atoms with Crippen molar-refractivity contribution < 1.29 is 9.53 Å². The van der Waals surface area contributed by atoms with Crippen molar-refractivity contribution in [3.8, 4) is 6.07 Å². The van der Waals surface area contributed by atoms with Gasteiger partial charge >= 0.3 is 5.97 Å². The fraction of sp³-hybridized carbons (Fsp3) is 0.545. The SMILES string of the molecule is CCN(CC(C)C(=O)OC)c1snc(Cl)c1C#N. The van der Waals surface area contributed by atoms with E-state index >= 15 is 0 Å². The highest BCUT2D eigenvalue weighted by Gasteiger charge is 2.22. The number of aromatic nitrogens is 1. The minimum Gasteiger partial charge on any atom is -0.469 e. The van der Waals surface area contributed by atoms with Gasteiger partial charge < -0.3 is 9.64 Å². The van der Waals surface area contributed by atoms with Crippen LogP contribution in [0.25, 0.3) is 0 Å². The topological polar surface area (TPSA) is 66.2 Å². The van der Waals surface area contributed by atoms with Gasteiger partial charge in [-0.1, -0.05) is 18.5 Å². The van der Waals surface area contributed by atoms with Gasteiger partial charge in [0.25, 0.3) is 0 Å². The molecule has 0 bridgehead atoms. The van der Waals surface area contributed by atoms with Gasteiger partial charge in [0.2, 0.25) is 0 Å². The molecule has 0 amide bonds. The number of carbonyl (C=O) groups is 1. The highest BCUT2D eigenvalue weighted by molar-refractivity contribution is 7.10. The van der Waals surface area contributed by atoms with Gasteiger partial charge in [-0.2, -0.15) is 9.64 Å². The van der Waals surface area contributed by atoms with E-state index in [2.05, 4.69) is 9.11 Å². The molecular weight excluding hydrogens is 274 g/mol. The average Bonchev–Trinajstić information content (AvgIpc) is 2.75. The smallest absolute Gasteiger partial charge is 0.310 e. The summed E-state index contributed by atoms with van der Waals surface area (Å²) in [7, 11) is 1.36. The molecule has 0 aliphatic carbocycles. The maximum Gasteiger partial charge on any atom is 0.310 e. The predicted octanol–water partition coefficient (Wildman–Crippen LogP) is 2.30. The molecule has 1 aromatic rings. The van der Waals surface area contributed by atoms with E-state index in [1.807, 2.05) is 17.9 Å². The van der Waals surface area contributed by atoms with E-state index in [1.54, 1.807) is 6.92 Å². The molecule has 98 valence electrons. The van der Waals surface area contributed by atoms with Crippen LogP contribution in [0.15, 0.2) is 0 Å². The van der Waals surface area contributed by atoms with Gasteiger partial charge in [0.15, 0.2) is 5.15 Å². The summed E-state index contributed by atoms with van der Waals surface area (Å²) in [4.78, 5) is 13.3. The second kappa shape index (κ2) is 6.57. The van der Waals surface area contributed by atoms with Gasteiger partial charge in [0.1, 0.15) is 16.6 Å². The lowest BCUT2D eigenvalue weighted by Gasteiger charge is -2.23. The molecule has 0 saturated heterocycles. The number of hydrogen-bond acceptors (Lipinski definition) is 6. The van der Waals surface area contributed by atoms with E-state index in [0.29, 0.717) is 23.7 Å². The van der Waals surface area contributed by atoms with Crippen LogP contribution in [0.3, 0.4) is 0 Å². The molecule has 1 heterocycles. The predicted molar refractivity (Wildman–Crippen MR) is 70.9 cm³/mol. The Balaban J connectivity index is 2.90. The van der Waals surface area contributed by atoms with Crippen LogP contribution in [0.2, 0.25) is 5.15 Å². The monoisotopic (exact) mass is 287 g/mol. The number of nitriles is 1. The highest BCUT2D eigenvalue weighted by atomic mass is 35.5. The molecule has 5 nitrogen and oxygen atoms in total. The van der Waals surface area contributed by atoms with Crippen molar-refractivity contribution in [2.24, 2.45) is 5.92 Å². The average molecular weight is 288 g/mol. The summed E-state index contributed by atoms with van der Waals surface area (Å²) in [6, 6.07) is 2.03. The van der Waals surface area contributed by atoms with Crippen LogP contribution in [-0.2, 0) is 9.53 Å². The quantitative estimate of drug-likeness (QED) is 0.778. The lowest BCUT2D eigenvalue weighted by atomic mass is 10.1. The second-order valence-corrected chi connectivity index (χ2v) is 4.84. The Morgan fingerprint density at radius 3 is 2.89 bits per heavy atom. The van der Waals surface area contributed by atoms with E-state index in [1.165, 1.54) is 7.11 Å². The van der Waals surface area contributed by atoms with Crippen molar-refractivity contribution in [2.45, 2.75) is 13.8 Å². The molecule has 1 unspecified atom stereocenters. The van der Waals surface area contributed by atoms with Crippen molar-refractivity contribution in [2.75, 3.05) is 25.1 Å². The number of halogens is 1. The third-order valence-electron chi connectivity index (χ3n) is 2.51. The minimum atomic E-state index is -0.276. The Morgan fingerprint density at radius 1 is 1.72 bits per heavy atom. The van der Waals surface area contributed by atoms with Gasteiger partial charge in [-0.05, 0) is 18.5 Å². The molecule has 7 heteroatoms. The van der Waals surface area contributed by atoms with Gasteiger partial charge in [-0.25, -0.2) is 0 Å². The van der Waals surface area contributed by atoms with Crippen LogP contribution in [0.5, 0.6) is 0 Å². The van der Waals surface area contributed by atoms with Gasteiger partial charge in [-0.15, -0.1) is 0 Å². The Hall–Kier alpha value is -1.32. The maximum atomic E-state index is 11.4. The number of ether oxygens (including phenoxy) is 1. The molecular formula is C11H14ClN3O2S. The molecule has 0 aliphatic heterocycles. The number of methoxy groups -OCH3 is 1. The van der Waals surface area contributed by atoms with E-state index in [-0.39, 0.29) is 17.0 Å². The molecule has 0 aliphatic rings. The number of hydrogen-bond donors (Lipinski definition) is 0. The minimum absolute atomic E-state index is 0.210. The van der Waals surface area contributed by atoms with Crippen molar-refractivity contribution in [3.63, 3.8) is 0 Å². The molecule has 0 spiro atoms. The lowest BCUT2D eigenvalue weighted by Crippen LogP contribution is -2.32. The van der Waals surface area contributed by atoms with Gasteiger partial charge in [0.05, 0.1) is 13.0 Å². The van der Waals surface area contributed by atoms with Crippen LogP contribution < -0.4 is 4.90 Å². The Bertz CT molecular complexity index is 469. The molecule has 0 aromatic carbocycles. The fourth-order valence-electron chi connectivity index (χ4n) is 1.53. The summed E-state index contributed by atoms with van der Waals surface area (Å²) in [6.07, 6.45) is 0. The van der Waals surface area contributed by atoms with Crippen molar-refractivity contribution in [1.82, 2.24) is 4.37 Å². The summed E-state index contributed by atoms with van der Waals surface area (Å²) in [5, 5.41) is 9.94. The first-order valence-electron chi connectivity index (χ1n) is 5.43. The Labute approximate surface area is 115 Å². The van der Waals surface area contributed by atoms with Crippen LogP contribution >= 0.6 is 23.1 Å². The standard InChI is InChI=1S/C11H14ClN3O2S/c1-4-15(6-7(2)11(16)17-3)10-8(5-13)9(12)14-18-10/h7H,4,6H2,1-3H3. The van der Waals surface area contributed by atoms with Crippen LogP contribution in [0, 0.1) is 17.2 Å². The largest absolute Gasteiger partial charge is 0.469 e. The Morgan fingerprint density at radius 2 is 2.39 bits per heavy atom. The van der Waals surface area contributed by atoms with E-state index in [0.717, 1.165) is 11.5 Å². The van der Waals surface area contributed by atoms with Crippen molar-refractivity contribution in [3.05, 3.63) is 10.7 Å². The number of nitrogens with zero attached hydrogens (tertiary/aromatic N) is 3. The second-order valence-electron chi connectivity index (χ2n) is 3.73. The van der Waals surface area contributed by atoms with Crippen LogP contribution in [-0.4, -0.2) is 30.5 Å². The van der Waals surface area contributed by atoms with E-state index < -0.39 is 0 Å². The highest BCUT2D eigenvalue weighted by Crippen LogP contribution is 2.31. The first-order chi connectivity index (χ1) is 8.54. The molecule has 0 saturated carbocycles. The first-order valence-corrected chi connectivity index (χ1v) is 6.58. The molecule has 1 aromatic heterocycles. The molecule has 0 radical (unpaired) electrons. The van der Waals surface area contributed by atoms with Gasteiger partial charge in [0, 0.05) is 13.1 Å². The molecule has 0 N–H and O–H groups in total. The van der Waals surface area contributed by atoms with Crippen LogP contribution in [0.4, 0.5) is 5.00 Å². The van der Waals surface area contributed by atoms with Crippen molar-refractivity contribution >= 4 is 34.1 Å². The van der Waals surface area contributed by atoms with Gasteiger partial charge in [-0.3, -0.25) is 4.79 Å². The molecule has 1 atom stereocenters. The summed E-state index contributed by atoms with van der Waals surface area (Å²) in [5.74, 6) is -0.551. The zero-order valence-corrected chi connectivity index (χ0v) is 12.0. The molecule has 18 heavy (non-hydrogen) atoms. The summed E-state index contributed by atoms with van der Waals surface area (Å²) in [6.45, 7) is 4.85. The van der Waals surface area contributed by atoms with E-state index in [4.69, 9.17) is 16.9 Å². The van der Waals surface area contributed by atoms with E-state index in [9.17, 15) is 4.79 Å². The number of carbonyl (C=O) groups excluding carboxylic acids is 1. The number of anilines is 1. The number of rotatable bonds is 5. The normalized spacial score (nSPS) is 11.7. The molecule has 0 fully saturated rings. The third-order valence-corrected chi connectivity index (χ3v) is 3.79. The maximum absolute atomic E-state index is 11.4.